The number of imide groups is 1. The number of carbonyl (C=O) groups excluding carboxylic acids is 2. The molecule has 0 unspecified atom stereocenters. The molecule has 0 spiro atoms. The highest BCUT2D eigenvalue weighted by Crippen LogP contribution is 2.39. The number of rotatable bonds is 7. The molecule has 0 bridgehead atoms. The molecule has 0 atom stereocenters. The molecule has 4 aromatic rings. The Bertz CT molecular complexity index is 1530. The van der Waals surface area contributed by atoms with Crippen molar-refractivity contribution in [3.63, 3.8) is 0 Å². The van der Waals surface area contributed by atoms with Gasteiger partial charge in [-0.15, -0.1) is 0 Å². The van der Waals surface area contributed by atoms with Crippen LogP contribution in [-0.2, 0) is 17.9 Å². The van der Waals surface area contributed by atoms with Crippen LogP contribution in [0.1, 0.15) is 16.7 Å². The van der Waals surface area contributed by atoms with Gasteiger partial charge in [0, 0.05) is 8.95 Å². The van der Waals surface area contributed by atoms with Crippen LogP contribution in [0.5, 0.6) is 11.5 Å². The van der Waals surface area contributed by atoms with Crippen LogP contribution in [0.15, 0.2) is 92.7 Å². The average molecular weight is 639 g/mol. The lowest BCUT2D eigenvalue weighted by Crippen LogP contribution is -2.27. The number of nitrogens with zero attached hydrogens (tertiary/aromatic N) is 1. The van der Waals surface area contributed by atoms with Crippen LogP contribution in [0, 0.1) is 0 Å². The van der Waals surface area contributed by atoms with Crippen molar-refractivity contribution in [2.75, 3.05) is 7.11 Å². The molecule has 4 aromatic carbocycles. The maximum absolute atomic E-state index is 13.2. The Morgan fingerprint density at radius 3 is 2.46 bits per heavy atom. The highest BCUT2D eigenvalue weighted by atomic mass is 79.9. The summed E-state index contributed by atoms with van der Waals surface area (Å²) in [6, 6.07) is 25.3. The zero-order chi connectivity index (χ0) is 25.9. The van der Waals surface area contributed by atoms with Gasteiger partial charge in [0.25, 0.3) is 11.1 Å². The number of amides is 2. The average Bonchev–Trinajstić information content (AvgIpc) is 3.17. The molecule has 5 rings (SSSR count). The number of hydrogen-bond acceptors (Lipinski definition) is 5. The quantitative estimate of drug-likeness (QED) is 0.191. The normalized spacial score (nSPS) is 14.6. The Labute approximate surface area is 235 Å². The molecule has 0 radical (unpaired) electrons. The van der Waals surface area contributed by atoms with Crippen LogP contribution in [0.4, 0.5) is 4.79 Å². The lowest BCUT2D eigenvalue weighted by atomic mass is 10.0. The third kappa shape index (κ3) is 5.61. The van der Waals surface area contributed by atoms with E-state index in [9.17, 15) is 9.59 Å². The van der Waals surface area contributed by atoms with Crippen molar-refractivity contribution in [2.24, 2.45) is 0 Å². The fourth-order valence-electron chi connectivity index (χ4n) is 4.05. The van der Waals surface area contributed by atoms with Gasteiger partial charge in [-0.3, -0.25) is 14.5 Å². The Hall–Kier alpha value is -3.07. The van der Waals surface area contributed by atoms with E-state index in [2.05, 4.69) is 31.9 Å². The maximum atomic E-state index is 13.2. The predicted molar refractivity (Wildman–Crippen MR) is 155 cm³/mol. The molecule has 0 aromatic heterocycles. The summed E-state index contributed by atoms with van der Waals surface area (Å²) in [7, 11) is 1.57. The number of methoxy groups -OCH3 is 1. The molecule has 5 nitrogen and oxygen atoms in total. The maximum Gasteiger partial charge on any atom is 0.293 e. The number of fused-ring (bicyclic) bond motifs is 1. The molecule has 1 fully saturated rings. The summed E-state index contributed by atoms with van der Waals surface area (Å²) < 4.78 is 13.3. The third-order valence-corrected chi connectivity index (χ3v) is 8.08. The van der Waals surface area contributed by atoms with Crippen LogP contribution in [0.25, 0.3) is 16.8 Å². The van der Waals surface area contributed by atoms with Gasteiger partial charge in [0.05, 0.1) is 18.6 Å². The molecule has 1 heterocycles. The minimum absolute atomic E-state index is 0.219. The highest BCUT2D eigenvalue weighted by Gasteiger charge is 2.35. The van der Waals surface area contributed by atoms with E-state index in [4.69, 9.17) is 9.47 Å². The van der Waals surface area contributed by atoms with Crippen LogP contribution < -0.4 is 9.47 Å². The lowest BCUT2D eigenvalue weighted by molar-refractivity contribution is -0.123. The summed E-state index contributed by atoms with van der Waals surface area (Å²) in [5.41, 5.74) is 2.66. The van der Waals surface area contributed by atoms with Gasteiger partial charge in [-0.05, 0) is 69.6 Å². The Kier molecular flexibility index (Phi) is 7.69. The Morgan fingerprint density at radius 2 is 1.68 bits per heavy atom. The topological polar surface area (TPSA) is 55.8 Å². The number of halogens is 2. The Morgan fingerprint density at radius 1 is 0.919 bits per heavy atom. The van der Waals surface area contributed by atoms with E-state index in [0.717, 1.165) is 42.6 Å². The fourth-order valence-corrected chi connectivity index (χ4v) is 5.58. The van der Waals surface area contributed by atoms with Crippen molar-refractivity contribution in [2.45, 2.75) is 13.2 Å². The van der Waals surface area contributed by atoms with E-state index in [1.165, 1.54) is 4.90 Å². The standard InChI is InChI=1S/C29H21Br2NO4S/c1-35-25-13-21(24(31)15-26(25)36-17-18-9-11-22(30)12-10-18)14-27-28(33)32(29(34)37-27)16-20-7-4-6-19-5-2-3-8-23(19)20/h2-15H,16-17H2,1H3/b27-14+. The fraction of sp³-hybridized carbons (Fsp3) is 0.103. The monoisotopic (exact) mass is 637 g/mol. The highest BCUT2D eigenvalue weighted by molar-refractivity contribution is 9.10. The lowest BCUT2D eigenvalue weighted by Gasteiger charge is -2.14. The summed E-state index contributed by atoms with van der Waals surface area (Å²) in [6.45, 7) is 0.596. The summed E-state index contributed by atoms with van der Waals surface area (Å²) in [5, 5.41) is 1.81. The molecule has 0 saturated carbocycles. The zero-order valence-corrected chi connectivity index (χ0v) is 23.7. The molecular formula is C29H21Br2NO4S. The summed E-state index contributed by atoms with van der Waals surface area (Å²) in [4.78, 5) is 27.7. The second-order valence-electron chi connectivity index (χ2n) is 8.35. The summed E-state index contributed by atoms with van der Waals surface area (Å²) in [5.74, 6) is 0.782. The number of benzene rings is 4. The molecule has 2 amide bonds. The van der Waals surface area contributed by atoms with Gasteiger partial charge in [0.2, 0.25) is 0 Å². The van der Waals surface area contributed by atoms with Gasteiger partial charge in [0.1, 0.15) is 6.61 Å². The van der Waals surface area contributed by atoms with Crippen molar-refractivity contribution in [3.05, 3.63) is 109 Å². The van der Waals surface area contributed by atoms with Gasteiger partial charge in [0.15, 0.2) is 11.5 Å². The smallest absolute Gasteiger partial charge is 0.293 e. The van der Waals surface area contributed by atoms with Crippen LogP contribution >= 0.6 is 43.6 Å². The van der Waals surface area contributed by atoms with Crippen molar-refractivity contribution in [3.8, 4) is 11.5 Å². The third-order valence-electron chi connectivity index (χ3n) is 5.96. The molecule has 0 N–H and O–H groups in total. The van der Waals surface area contributed by atoms with Gasteiger partial charge in [-0.2, -0.15) is 0 Å². The molecular weight excluding hydrogens is 618 g/mol. The van der Waals surface area contributed by atoms with Crippen molar-refractivity contribution in [1.29, 1.82) is 0 Å². The molecule has 37 heavy (non-hydrogen) atoms. The van der Waals surface area contributed by atoms with Crippen molar-refractivity contribution in [1.82, 2.24) is 4.90 Å². The van der Waals surface area contributed by atoms with E-state index in [-0.39, 0.29) is 17.7 Å². The minimum atomic E-state index is -0.315. The molecule has 1 aliphatic rings. The first-order valence-electron chi connectivity index (χ1n) is 11.4. The van der Waals surface area contributed by atoms with Gasteiger partial charge < -0.3 is 9.47 Å². The molecule has 8 heteroatoms. The first-order chi connectivity index (χ1) is 17.9. The van der Waals surface area contributed by atoms with E-state index in [1.807, 2.05) is 72.8 Å². The summed E-state index contributed by atoms with van der Waals surface area (Å²) >= 11 is 7.95. The largest absolute Gasteiger partial charge is 0.493 e. The van der Waals surface area contributed by atoms with Crippen LogP contribution in [0.3, 0.4) is 0 Å². The molecule has 0 aliphatic carbocycles. The van der Waals surface area contributed by atoms with Crippen molar-refractivity contribution >= 4 is 71.6 Å². The van der Waals surface area contributed by atoms with E-state index >= 15 is 0 Å². The SMILES string of the molecule is COc1cc(/C=C2/SC(=O)N(Cc3cccc4ccccc34)C2=O)c(Br)cc1OCc1ccc(Br)cc1. The second-order valence-corrected chi connectivity index (χ2v) is 11.1. The molecule has 186 valence electrons. The van der Waals surface area contributed by atoms with Gasteiger partial charge in [-0.25, -0.2) is 0 Å². The first kappa shape index (κ1) is 25.6. The zero-order valence-electron chi connectivity index (χ0n) is 19.7. The van der Waals surface area contributed by atoms with E-state index < -0.39 is 0 Å². The summed E-state index contributed by atoms with van der Waals surface area (Å²) in [6.07, 6.45) is 1.71. The van der Waals surface area contributed by atoms with E-state index in [1.54, 1.807) is 19.3 Å². The van der Waals surface area contributed by atoms with Crippen LogP contribution in [0.2, 0.25) is 0 Å². The second kappa shape index (κ2) is 11.1. The minimum Gasteiger partial charge on any atom is -0.493 e. The number of carbonyl (C=O) groups is 2. The van der Waals surface area contributed by atoms with E-state index in [0.29, 0.717) is 28.6 Å². The number of ether oxygens (including phenoxy) is 2. The molecule has 1 saturated heterocycles. The number of hydrogen-bond donors (Lipinski definition) is 0. The molecule has 1 aliphatic heterocycles. The van der Waals surface area contributed by atoms with Crippen molar-refractivity contribution < 1.29 is 19.1 Å². The number of thioether (sulfide) groups is 1. The van der Waals surface area contributed by atoms with Gasteiger partial charge in [-0.1, -0.05) is 86.5 Å². The van der Waals surface area contributed by atoms with Gasteiger partial charge >= 0.3 is 0 Å². The Balaban J connectivity index is 1.36. The first-order valence-corrected chi connectivity index (χ1v) is 13.8. The predicted octanol–water partition coefficient (Wildman–Crippen LogP) is 8.19. The van der Waals surface area contributed by atoms with Crippen LogP contribution in [-0.4, -0.2) is 23.2 Å².